The minimum absolute atomic E-state index is 0.276. The molecule has 1 saturated heterocycles. The zero-order chi connectivity index (χ0) is 23.1. The Morgan fingerprint density at radius 2 is 1.76 bits per heavy atom. The maximum atomic E-state index is 14.2. The number of benzene rings is 3. The van der Waals surface area contributed by atoms with E-state index in [1.165, 1.54) is 11.0 Å². The number of ether oxygens (including phenoxy) is 1. The monoisotopic (exact) mass is 447 g/mol. The molecule has 2 heterocycles. The van der Waals surface area contributed by atoms with Gasteiger partial charge in [-0.15, -0.1) is 0 Å². The van der Waals surface area contributed by atoms with Gasteiger partial charge < -0.3 is 14.5 Å². The van der Waals surface area contributed by atoms with E-state index in [0.717, 1.165) is 34.8 Å². The predicted molar refractivity (Wildman–Crippen MR) is 122 cm³/mol. The van der Waals surface area contributed by atoms with Crippen LogP contribution in [0.1, 0.15) is 28.4 Å². The van der Waals surface area contributed by atoms with E-state index < -0.39 is 23.1 Å². The van der Waals surface area contributed by atoms with E-state index >= 15 is 0 Å². The average Bonchev–Trinajstić information content (AvgIpc) is 2.95. The molecule has 5 nitrogen and oxygen atoms in total. The Morgan fingerprint density at radius 3 is 2.52 bits per heavy atom. The number of rotatable bonds is 1. The maximum Gasteiger partial charge on any atom is 0.260 e. The molecule has 1 amide bonds. The summed E-state index contributed by atoms with van der Waals surface area (Å²) in [5.41, 5.74) is 2.16. The molecule has 5 rings (SSSR count). The highest BCUT2D eigenvalue weighted by atomic mass is 19.1. The molecule has 0 bridgehead atoms. The van der Waals surface area contributed by atoms with Crippen molar-refractivity contribution in [1.82, 2.24) is 9.80 Å². The van der Waals surface area contributed by atoms with Crippen LogP contribution < -0.4 is 4.74 Å². The fourth-order valence-electron chi connectivity index (χ4n) is 4.37. The molecular formula is C26H23F2N3O2. The van der Waals surface area contributed by atoms with Crippen LogP contribution in [0.3, 0.4) is 0 Å². The Kier molecular flexibility index (Phi) is 5.32. The van der Waals surface area contributed by atoms with Crippen LogP contribution in [-0.4, -0.2) is 47.2 Å². The van der Waals surface area contributed by atoms with Crippen LogP contribution >= 0.6 is 0 Å². The lowest BCUT2D eigenvalue weighted by atomic mass is 10.1. The molecule has 2 aliphatic heterocycles. The first-order valence-corrected chi connectivity index (χ1v) is 10.9. The summed E-state index contributed by atoms with van der Waals surface area (Å²) in [7, 11) is 0. The van der Waals surface area contributed by atoms with Gasteiger partial charge in [0.1, 0.15) is 34.5 Å². The second-order valence-electron chi connectivity index (χ2n) is 8.40. The van der Waals surface area contributed by atoms with Crippen molar-refractivity contribution in [3.8, 4) is 11.5 Å². The first-order chi connectivity index (χ1) is 15.9. The van der Waals surface area contributed by atoms with Gasteiger partial charge in [-0.05, 0) is 55.8 Å². The third-order valence-electron chi connectivity index (χ3n) is 6.05. The molecule has 0 unspecified atom stereocenters. The van der Waals surface area contributed by atoms with Gasteiger partial charge in [0.15, 0.2) is 5.75 Å². The summed E-state index contributed by atoms with van der Waals surface area (Å²) in [5, 5.41) is 0. The third kappa shape index (κ3) is 3.84. The molecular weight excluding hydrogens is 424 g/mol. The van der Waals surface area contributed by atoms with Crippen LogP contribution in [0.15, 0.2) is 65.7 Å². The van der Waals surface area contributed by atoms with Crippen LogP contribution in [0.2, 0.25) is 0 Å². The van der Waals surface area contributed by atoms with Crippen LogP contribution in [-0.2, 0) is 0 Å². The standard InChI is InChI=1S/C26H23F2N3O2/c1-16-10-11-21-23(14-16)33-22-9-4-3-6-18(22)25(29-21)30-12-13-31(17(2)15-30)26(32)24-19(27)7-5-8-20(24)28/h3-11,14,17H,12-13,15H2,1-2H3/t17-/m1/s1. The van der Waals surface area contributed by atoms with Gasteiger partial charge in [0.2, 0.25) is 0 Å². The molecule has 0 spiro atoms. The Labute approximate surface area is 190 Å². The number of fused-ring (bicyclic) bond motifs is 2. The largest absolute Gasteiger partial charge is 0.454 e. The lowest BCUT2D eigenvalue weighted by Crippen LogP contribution is -2.55. The van der Waals surface area contributed by atoms with Gasteiger partial charge in [0.25, 0.3) is 5.91 Å². The Bertz CT molecular complexity index is 1250. The lowest BCUT2D eigenvalue weighted by molar-refractivity contribution is 0.0571. The van der Waals surface area contributed by atoms with E-state index in [9.17, 15) is 13.6 Å². The molecule has 0 N–H and O–H groups in total. The van der Waals surface area contributed by atoms with Crippen LogP contribution in [0.4, 0.5) is 14.5 Å². The van der Waals surface area contributed by atoms with Gasteiger partial charge >= 0.3 is 0 Å². The summed E-state index contributed by atoms with van der Waals surface area (Å²) < 4.78 is 34.6. The third-order valence-corrected chi connectivity index (χ3v) is 6.05. The van der Waals surface area contributed by atoms with E-state index in [2.05, 4.69) is 4.90 Å². The van der Waals surface area contributed by atoms with E-state index in [0.29, 0.717) is 31.1 Å². The number of amidine groups is 1. The normalized spacial score (nSPS) is 17.5. The maximum absolute atomic E-state index is 14.2. The first-order valence-electron chi connectivity index (χ1n) is 10.9. The van der Waals surface area contributed by atoms with Gasteiger partial charge in [-0.1, -0.05) is 24.3 Å². The van der Waals surface area contributed by atoms with Crippen LogP contribution in [0.5, 0.6) is 11.5 Å². The van der Waals surface area contributed by atoms with Crippen molar-refractivity contribution in [2.45, 2.75) is 19.9 Å². The summed E-state index contributed by atoms with van der Waals surface area (Å²) >= 11 is 0. The topological polar surface area (TPSA) is 45.1 Å². The number of halogens is 2. The highest BCUT2D eigenvalue weighted by Gasteiger charge is 2.33. The van der Waals surface area contributed by atoms with Gasteiger partial charge in [0, 0.05) is 25.7 Å². The molecule has 1 atom stereocenters. The van der Waals surface area contributed by atoms with Gasteiger partial charge in [-0.2, -0.15) is 0 Å². The summed E-state index contributed by atoms with van der Waals surface area (Å²) in [6, 6.07) is 16.8. The molecule has 0 saturated carbocycles. The number of hydrogen-bond acceptors (Lipinski definition) is 4. The minimum atomic E-state index is -0.847. The summed E-state index contributed by atoms with van der Waals surface area (Å²) in [5.74, 6) is -0.176. The molecule has 0 radical (unpaired) electrons. The van der Waals surface area contributed by atoms with Crippen molar-refractivity contribution in [2.75, 3.05) is 19.6 Å². The first kappa shape index (κ1) is 21.1. The van der Waals surface area contributed by atoms with E-state index in [1.54, 1.807) is 0 Å². The number of carbonyl (C=O) groups excluding carboxylic acids is 1. The van der Waals surface area contributed by atoms with E-state index in [4.69, 9.17) is 9.73 Å². The van der Waals surface area contributed by atoms with Crippen molar-refractivity contribution in [3.05, 3.63) is 89.0 Å². The fourth-order valence-corrected chi connectivity index (χ4v) is 4.37. The predicted octanol–water partition coefficient (Wildman–Crippen LogP) is 5.30. The number of aryl methyl sites for hydroxylation is 1. The van der Waals surface area contributed by atoms with Gasteiger partial charge in [-0.25, -0.2) is 13.8 Å². The molecule has 0 aromatic heterocycles. The highest BCUT2D eigenvalue weighted by molar-refractivity contribution is 6.04. The zero-order valence-corrected chi connectivity index (χ0v) is 18.4. The van der Waals surface area contributed by atoms with Crippen molar-refractivity contribution in [3.63, 3.8) is 0 Å². The Balaban J connectivity index is 1.46. The molecule has 3 aromatic carbocycles. The quantitative estimate of drug-likeness (QED) is 0.508. The van der Waals surface area contributed by atoms with Crippen LogP contribution in [0.25, 0.3) is 0 Å². The van der Waals surface area contributed by atoms with E-state index in [-0.39, 0.29) is 6.04 Å². The number of nitrogens with zero attached hydrogens (tertiary/aromatic N) is 3. The zero-order valence-electron chi connectivity index (χ0n) is 18.4. The van der Waals surface area contributed by atoms with Gasteiger partial charge in [0.05, 0.1) is 5.56 Å². The molecule has 0 aliphatic carbocycles. The van der Waals surface area contributed by atoms with Crippen molar-refractivity contribution in [1.29, 1.82) is 0 Å². The van der Waals surface area contributed by atoms with Gasteiger partial charge in [-0.3, -0.25) is 4.79 Å². The summed E-state index contributed by atoms with van der Waals surface area (Å²) in [6.07, 6.45) is 0. The fraction of sp³-hybridized carbons (Fsp3) is 0.231. The number of carbonyl (C=O) groups is 1. The number of aliphatic imine (C=N–C) groups is 1. The molecule has 2 aliphatic rings. The summed E-state index contributed by atoms with van der Waals surface area (Å²) in [4.78, 5) is 21.5. The Morgan fingerprint density at radius 1 is 1.00 bits per heavy atom. The van der Waals surface area contributed by atoms with E-state index in [1.807, 2.05) is 56.3 Å². The molecule has 1 fully saturated rings. The molecule has 7 heteroatoms. The number of piperazine rings is 1. The molecule has 33 heavy (non-hydrogen) atoms. The highest BCUT2D eigenvalue weighted by Crippen LogP contribution is 2.39. The number of amides is 1. The Hall–Kier alpha value is -3.74. The molecule has 3 aromatic rings. The summed E-state index contributed by atoms with van der Waals surface area (Å²) in [6.45, 7) is 5.13. The smallest absolute Gasteiger partial charge is 0.260 e. The van der Waals surface area contributed by atoms with Crippen molar-refractivity contribution in [2.24, 2.45) is 4.99 Å². The number of hydrogen-bond donors (Lipinski definition) is 0. The molecule has 168 valence electrons. The minimum Gasteiger partial charge on any atom is -0.454 e. The lowest BCUT2D eigenvalue weighted by Gasteiger charge is -2.41. The SMILES string of the molecule is Cc1ccc2c(c1)Oc1ccccc1C(N1CCN(C(=O)c3c(F)cccc3F)[C@H](C)C1)=N2. The van der Waals surface area contributed by atoms with Crippen molar-refractivity contribution >= 4 is 17.4 Å². The number of para-hydroxylation sites is 1. The second-order valence-corrected chi connectivity index (χ2v) is 8.40. The second kappa shape index (κ2) is 8.31. The van der Waals surface area contributed by atoms with Crippen molar-refractivity contribution < 1.29 is 18.3 Å². The average molecular weight is 447 g/mol. The van der Waals surface area contributed by atoms with Crippen LogP contribution in [0, 0.1) is 18.6 Å².